The van der Waals surface area contributed by atoms with Gasteiger partial charge in [0.15, 0.2) is 0 Å². The minimum atomic E-state index is -0.623. The summed E-state index contributed by atoms with van der Waals surface area (Å²) in [5.74, 6) is -2.10. The number of hydrogen-bond acceptors (Lipinski definition) is 10. The van der Waals surface area contributed by atoms with Crippen LogP contribution in [0.15, 0.2) is 121 Å². The van der Waals surface area contributed by atoms with Crippen LogP contribution in [0.1, 0.15) is 119 Å². The zero-order chi connectivity index (χ0) is 51.5. The Kier molecular flexibility index (Phi) is 20.4. The van der Waals surface area contributed by atoms with E-state index in [4.69, 9.17) is 14.2 Å². The zero-order valence-electron chi connectivity index (χ0n) is 43.6. The molecule has 14 heteroatoms. The molecule has 6 aromatic carbocycles. The van der Waals surface area contributed by atoms with E-state index in [0.717, 1.165) is 55.7 Å². The second-order valence-corrected chi connectivity index (χ2v) is 19.7. The maximum Gasteiger partial charge on any atom is 1.00 e. The first-order valence-corrected chi connectivity index (χ1v) is 24.6. The van der Waals surface area contributed by atoms with E-state index >= 15 is 4.39 Å². The molecular weight excluding hydrogens is 994 g/mol. The summed E-state index contributed by atoms with van der Waals surface area (Å²) in [5.41, 5.74) is 8.92. The molecule has 0 atom stereocenters. The second kappa shape index (κ2) is 25.7. The summed E-state index contributed by atoms with van der Waals surface area (Å²) < 4.78 is 49.7. The van der Waals surface area contributed by atoms with Gasteiger partial charge in [-0.05, 0) is 167 Å². The van der Waals surface area contributed by atoms with Gasteiger partial charge in [0.2, 0.25) is 0 Å². The van der Waals surface area contributed by atoms with E-state index < -0.39 is 23.1 Å². The van der Waals surface area contributed by atoms with Gasteiger partial charge in [-0.2, -0.15) is 0 Å². The van der Waals surface area contributed by atoms with Gasteiger partial charge in [-0.3, -0.25) is 0 Å². The van der Waals surface area contributed by atoms with E-state index in [1.807, 2.05) is 90.1 Å². The Labute approximate surface area is 453 Å². The van der Waals surface area contributed by atoms with Crippen LogP contribution < -0.4 is 39.8 Å². The quantitative estimate of drug-likeness (QED) is 0.0649. The summed E-state index contributed by atoms with van der Waals surface area (Å²) in [6.07, 6.45) is 3.94. The predicted molar refractivity (Wildman–Crippen MR) is 279 cm³/mol. The molecule has 10 nitrogen and oxygen atoms in total. The molecule has 0 bridgehead atoms. The van der Waals surface area contributed by atoms with Crippen molar-refractivity contribution in [2.45, 2.75) is 90.3 Å². The molecule has 2 aliphatic heterocycles. The Morgan fingerprint density at radius 1 is 0.611 bits per heavy atom. The molecule has 72 heavy (non-hydrogen) atoms. The largest absolute Gasteiger partial charge is 1.00 e. The van der Waals surface area contributed by atoms with Crippen molar-refractivity contribution in [3.05, 3.63) is 177 Å². The first-order chi connectivity index (χ1) is 33.8. The van der Waals surface area contributed by atoms with E-state index in [0.29, 0.717) is 67.5 Å². The molecule has 0 fully saturated rings. The first-order valence-electron chi connectivity index (χ1n) is 23.5. The Morgan fingerprint density at radius 2 is 1.10 bits per heavy atom. The number of aryl methyl sites for hydroxylation is 2. The molecule has 0 aliphatic carbocycles. The van der Waals surface area contributed by atoms with Gasteiger partial charge >= 0.3 is 53.4 Å². The number of methoxy groups -OCH3 is 2. The number of benzene rings is 6. The minimum Gasteiger partial charge on any atom is -1.00 e. The van der Waals surface area contributed by atoms with Crippen molar-refractivity contribution >= 4 is 51.2 Å². The van der Waals surface area contributed by atoms with Gasteiger partial charge in [-0.15, -0.1) is 0 Å². The summed E-state index contributed by atoms with van der Waals surface area (Å²) in [4.78, 5) is 50.3. The molecule has 8 rings (SSSR count). The van der Waals surface area contributed by atoms with Gasteiger partial charge in [0, 0.05) is 41.9 Å². The molecule has 6 aromatic rings. The van der Waals surface area contributed by atoms with Crippen molar-refractivity contribution in [3.8, 4) is 22.3 Å². The molecule has 2 aliphatic rings. The fourth-order valence-corrected chi connectivity index (χ4v) is 8.62. The van der Waals surface area contributed by atoms with Crippen molar-refractivity contribution in [2.75, 3.05) is 37.5 Å². The molecule has 0 saturated carbocycles. The Bertz CT molecular complexity index is 2900. The first kappa shape index (κ1) is 57.0. The Hall–Kier alpha value is -5.86. The molecule has 1 N–H and O–H groups in total. The van der Waals surface area contributed by atoms with Gasteiger partial charge in [0.25, 0.3) is 0 Å². The smallest absolute Gasteiger partial charge is 1.00 e. The molecular formula is C58H62BrF2N2NaO8. The van der Waals surface area contributed by atoms with Crippen LogP contribution in [0.5, 0.6) is 0 Å². The maximum absolute atomic E-state index is 15.3. The number of anilines is 2. The number of hydrogen-bond donors (Lipinski definition) is 1. The Balaban J connectivity index is 0.000000259. The van der Waals surface area contributed by atoms with Crippen LogP contribution in [-0.4, -0.2) is 62.4 Å². The number of alkyl halides is 1. The van der Waals surface area contributed by atoms with Gasteiger partial charge in [0.1, 0.15) is 22.8 Å². The zero-order valence-corrected chi connectivity index (χ0v) is 46.1. The van der Waals surface area contributed by atoms with Crippen LogP contribution in [0, 0.1) is 11.6 Å². The molecule has 2 heterocycles. The van der Waals surface area contributed by atoms with Crippen molar-refractivity contribution in [2.24, 2.45) is 0 Å². The topological polar surface area (TPSA) is 120 Å². The molecule has 0 spiro atoms. The number of fused-ring (bicyclic) bond motifs is 2. The second-order valence-electron chi connectivity index (χ2n) is 19.1. The van der Waals surface area contributed by atoms with Gasteiger partial charge in [-0.1, -0.05) is 76.6 Å². The summed E-state index contributed by atoms with van der Waals surface area (Å²) >= 11 is 3.25. The van der Waals surface area contributed by atoms with Crippen LogP contribution in [0.3, 0.4) is 0 Å². The van der Waals surface area contributed by atoms with Crippen molar-refractivity contribution in [1.82, 2.24) is 0 Å². The third kappa shape index (κ3) is 15.3. The van der Waals surface area contributed by atoms with Crippen LogP contribution >= 0.6 is 15.9 Å². The fourth-order valence-electron chi connectivity index (χ4n) is 8.17. The number of nitrogens with zero attached hydrogens (tertiary/aromatic N) is 1. The number of halogens is 3. The minimum absolute atomic E-state index is 0. The van der Waals surface area contributed by atoms with Crippen LogP contribution in [0.2, 0.25) is 0 Å². The standard InChI is InChI=1S/C29H30FNO4.C18H18BrFO2.C11H13NO2.Na.H/c1-29(2,3)35-28(33)24-10-6-5-9-23(24)19-11-12-22(25(30)17-19)18-31-15-7-8-20-16-21(27(32)34-4)13-14-26(20)31;1-18(2,3)22-17(21)15-7-5-4-6-14(15)12-8-9-13(11-19)16(20)10-12;1-14-11(13)9-4-5-10-8(7-9)3-2-6-12-10;;/h5-6,9-14,16-17H,7-8,15,18H2,1-4H3;4-10H,11H2,1-3H3;4-5,7,12H,2-3,6H2,1H3;;/q;;;+1;-1. The molecule has 0 unspecified atom stereocenters. The van der Waals surface area contributed by atoms with Crippen molar-refractivity contribution < 1.29 is 77.9 Å². The number of ether oxygens (including phenoxy) is 4. The van der Waals surface area contributed by atoms with E-state index in [1.54, 1.807) is 60.7 Å². The average Bonchev–Trinajstić information content (AvgIpc) is 3.35. The molecule has 0 saturated heterocycles. The normalized spacial score (nSPS) is 12.6. The van der Waals surface area contributed by atoms with E-state index in [2.05, 4.69) is 30.9 Å². The Morgan fingerprint density at radius 3 is 1.60 bits per heavy atom. The van der Waals surface area contributed by atoms with Gasteiger partial charge < -0.3 is 30.6 Å². The fraction of sp³-hybridized carbons (Fsp3) is 0.310. The molecule has 374 valence electrons. The van der Waals surface area contributed by atoms with Crippen LogP contribution in [-0.2, 0) is 43.7 Å². The van der Waals surface area contributed by atoms with Gasteiger partial charge in [0.05, 0.1) is 36.5 Å². The number of carbonyl (C=O) groups is 4. The van der Waals surface area contributed by atoms with Crippen molar-refractivity contribution in [3.63, 3.8) is 0 Å². The summed E-state index contributed by atoms with van der Waals surface area (Å²) in [5, 5.41) is 3.75. The van der Waals surface area contributed by atoms with E-state index in [9.17, 15) is 23.6 Å². The average molecular weight is 1060 g/mol. The number of rotatable bonds is 9. The molecule has 0 aromatic heterocycles. The monoisotopic (exact) mass is 1050 g/mol. The summed E-state index contributed by atoms with van der Waals surface area (Å²) in [6, 6.07) is 35.4. The number of nitrogens with one attached hydrogen (secondary N) is 1. The number of carbonyl (C=O) groups excluding carboxylic acids is 4. The summed E-state index contributed by atoms with van der Waals surface area (Å²) in [7, 11) is 2.77. The van der Waals surface area contributed by atoms with E-state index in [1.165, 1.54) is 31.9 Å². The third-order valence-electron chi connectivity index (χ3n) is 11.5. The maximum atomic E-state index is 15.3. The van der Waals surface area contributed by atoms with Crippen molar-refractivity contribution in [1.29, 1.82) is 0 Å². The van der Waals surface area contributed by atoms with Gasteiger partial charge in [-0.25, -0.2) is 28.0 Å². The molecule has 0 amide bonds. The predicted octanol–water partition coefficient (Wildman–Crippen LogP) is 10.5. The van der Waals surface area contributed by atoms with Crippen LogP contribution in [0.25, 0.3) is 22.3 Å². The SMILES string of the molecule is CC(C)(C)OC(=O)c1ccccc1-c1ccc(CBr)c(F)c1.COC(=O)c1ccc2c(c1)CCCN2.COC(=O)c1ccc2c(c1)CCCN2Cc1ccc(-c2ccccc2C(=O)OC(C)(C)C)cc1F.[H-].[Na+]. The van der Waals surface area contributed by atoms with Crippen LogP contribution in [0.4, 0.5) is 20.2 Å². The van der Waals surface area contributed by atoms with E-state index in [-0.39, 0.29) is 54.6 Å². The summed E-state index contributed by atoms with van der Waals surface area (Å²) in [6.45, 7) is 13.1. The third-order valence-corrected chi connectivity index (χ3v) is 12.1. The number of esters is 4. The molecule has 0 radical (unpaired) electrons.